The molecule has 2 rings (SSSR count). The van der Waals surface area contributed by atoms with E-state index in [1.165, 1.54) is 25.7 Å². The van der Waals surface area contributed by atoms with Gasteiger partial charge in [0.25, 0.3) is 0 Å². The van der Waals surface area contributed by atoms with Gasteiger partial charge in [-0.1, -0.05) is 19.8 Å². The van der Waals surface area contributed by atoms with E-state index in [2.05, 4.69) is 34.6 Å². The third kappa shape index (κ3) is 2.39. The molecule has 0 aromatic heterocycles. The first-order valence-corrected chi connectivity index (χ1v) is 7.05. The van der Waals surface area contributed by atoms with E-state index in [0.717, 1.165) is 6.42 Å². The lowest BCUT2D eigenvalue weighted by molar-refractivity contribution is -0.104. The summed E-state index contributed by atoms with van der Waals surface area (Å²) in [4.78, 5) is 0. The van der Waals surface area contributed by atoms with Crippen molar-refractivity contribution in [2.45, 2.75) is 84.0 Å². The van der Waals surface area contributed by atoms with Crippen molar-refractivity contribution in [3.8, 4) is 0 Å². The average Bonchev–Trinajstić information content (AvgIpc) is 2.67. The fourth-order valence-corrected chi connectivity index (χ4v) is 4.06. The number of ether oxygens (including phenoxy) is 1. The topological polar surface area (TPSA) is 29.5 Å². The fourth-order valence-electron chi connectivity index (χ4n) is 4.06. The number of hydrogen-bond acceptors (Lipinski definition) is 2. The summed E-state index contributed by atoms with van der Waals surface area (Å²) < 4.78 is 6.11. The van der Waals surface area contributed by atoms with E-state index >= 15 is 0 Å². The smallest absolute Gasteiger partial charge is 0.0687 e. The van der Waals surface area contributed by atoms with Crippen LogP contribution in [0.3, 0.4) is 0 Å². The van der Waals surface area contributed by atoms with Crippen molar-refractivity contribution in [3.05, 3.63) is 0 Å². The number of hydrogen-bond donors (Lipinski definition) is 1. The third-order valence-electron chi connectivity index (χ3n) is 4.98. The third-order valence-corrected chi connectivity index (χ3v) is 4.98. The molecule has 0 aromatic rings. The first-order chi connectivity index (χ1) is 7.66. The molecule has 2 unspecified atom stereocenters. The van der Waals surface area contributed by atoms with Crippen LogP contribution in [0.15, 0.2) is 0 Å². The van der Waals surface area contributed by atoms with E-state index < -0.39 is 0 Å². The van der Waals surface area contributed by atoms with Crippen LogP contribution >= 0.6 is 0 Å². The number of rotatable bonds is 2. The molecule has 1 saturated carbocycles. The molecule has 0 aromatic carbocycles. The Hall–Kier alpha value is -0.0800. The van der Waals surface area contributed by atoms with E-state index in [4.69, 9.17) is 4.74 Å². The molecule has 2 fully saturated rings. The Labute approximate surface area is 106 Å². The predicted molar refractivity (Wildman–Crippen MR) is 69.9 cm³/mol. The van der Waals surface area contributed by atoms with Crippen molar-refractivity contribution < 1.29 is 9.84 Å². The van der Waals surface area contributed by atoms with Gasteiger partial charge in [-0.2, -0.15) is 0 Å². The molecular formula is C15H28O2. The molecule has 17 heavy (non-hydrogen) atoms. The van der Waals surface area contributed by atoms with Crippen LogP contribution in [0.25, 0.3) is 0 Å². The maximum Gasteiger partial charge on any atom is 0.0687 e. The molecular weight excluding hydrogens is 212 g/mol. The highest BCUT2D eigenvalue weighted by molar-refractivity contribution is 5.02. The molecule has 1 N–H and O–H groups in total. The van der Waals surface area contributed by atoms with Crippen molar-refractivity contribution in [2.75, 3.05) is 0 Å². The van der Waals surface area contributed by atoms with Crippen molar-refractivity contribution in [1.82, 2.24) is 0 Å². The Balaban J connectivity index is 2.17. The highest BCUT2D eigenvalue weighted by atomic mass is 16.5. The Morgan fingerprint density at radius 1 is 1.06 bits per heavy atom. The molecule has 1 aliphatic carbocycles. The van der Waals surface area contributed by atoms with Gasteiger partial charge in [-0.3, -0.25) is 0 Å². The first kappa shape index (κ1) is 13.4. The fraction of sp³-hybridized carbons (Fsp3) is 1.00. The second kappa shape index (κ2) is 3.96. The van der Waals surface area contributed by atoms with E-state index in [0.29, 0.717) is 0 Å². The molecule has 2 nitrogen and oxygen atoms in total. The zero-order valence-corrected chi connectivity index (χ0v) is 12.0. The zero-order valence-electron chi connectivity index (χ0n) is 12.0. The summed E-state index contributed by atoms with van der Waals surface area (Å²) in [5.74, 6) is 0.264. The van der Waals surface area contributed by atoms with Crippen molar-refractivity contribution >= 4 is 0 Å². The Morgan fingerprint density at radius 3 is 2.00 bits per heavy atom. The van der Waals surface area contributed by atoms with Crippen LogP contribution in [0.2, 0.25) is 0 Å². The average molecular weight is 240 g/mol. The minimum Gasteiger partial charge on any atom is -0.392 e. The summed E-state index contributed by atoms with van der Waals surface area (Å²) in [5, 5.41) is 10.8. The molecule has 0 spiro atoms. The minimum atomic E-state index is -0.221. The van der Waals surface area contributed by atoms with Crippen LogP contribution in [-0.2, 0) is 4.74 Å². The molecule has 1 saturated heterocycles. The van der Waals surface area contributed by atoms with Crippen LogP contribution in [0, 0.1) is 11.3 Å². The van der Waals surface area contributed by atoms with Gasteiger partial charge in [-0.05, 0) is 52.4 Å². The second-order valence-corrected chi connectivity index (χ2v) is 7.58. The van der Waals surface area contributed by atoms with Gasteiger partial charge >= 0.3 is 0 Å². The molecule has 100 valence electrons. The van der Waals surface area contributed by atoms with Crippen LogP contribution in [-0.4, -0.2) is 22.4 Å². The lowest BCUT2D eigenvalue weighted by atomic mass is 9.70. The van der Waals surface area contributed by atoms with E-state index in [9.17, 15) is 5.11 Å². The molecule has 1 heterocycles. The Kier molecular flexibility index (Phi) is 3.11. The van der Waals surface area contributed by atoms with E-state index in [1.54, 1.807) is 0 Å². The number of aliphatic hydroxyl groups excluding tert-OH is 1. The standard InChI is InChI=1S/C15H28O2/c1-13(2)10-11(14(3,4)17-13)12(16)15(5)8-6-7-9-15/h11-12,16H,6-10H2,1-5H3. The highest BCUT2D eigenvalue weighted by Crippen LogP contribution is 2.51. The van der Waals surface area contributed by atoms with E-state index in [1.807, 2.05) is 0 Å². The van der Waals surface area contributed by atoms with Gasteiger partial charge < -0.3 is 9.84 Å². The largest absolute Gasteiger partial charge is 0.392 e. The van der Waals surface area contributed by atoms with Crippen LogP contribution in [0.4, 0.5) is 0 Å². The Morgan fingerprint density at radius 2 is 1.59 bits per heavy atom. The molecule has 0 radical (unpaired) electrons. The Bertz CT molecular complexity index is 287. The lowest BCUT2D eigenvalue weighted by Gasteiger charge is -2.39. The summed E-state index contributed by atoms with van der Waals surface area (Å²) in [6, 6.07) is 0. The summed E-state index contributed by atoms with van der Waals surface area (Å²) in [7, 11) is 0. The van der Waals surface area contributed by atoms with Gasteiger partial charge in [-0.15, -0.1) is 0 Å². The summed E-state index contributed by atoms with van der Waals surface area (Å²) in [5.41, 5.74) is -0.176. The van der Waals surface area contributed by atoms with Gasteiger partial charge in [0.2, 0.25) is 0 Å². The van der Waals surface area contributed by atoms with Crippen molar-refractivity contribution in [3.63, 3.8) is 0 Å². The molecule has 2 atom stereocenters. The number of aliphatic hydroxyl groups is 1. The summed E-state index contributed by atoms with van der Waals surface area (Å²) in [6.07, 6.45) is 5.62. The molecule has 0 bridgehead atoms. The zero-order chi connectivity index (χ0) is 12.9. The van der Waals surface area contributed by atoms with Crippen LogP contribution < -0.4 is 0 Å². The van der Waals surface area contributed by atoms with E-state index in [-0.39, 0.29) is 28.6 Å². The second-order valence-electron chi connectivity index (χ2n) is 7.58. The quantitative estimate of drug-likeness (QED) is 0.800. The summed E-state index contributed by atoms with van der Waals surface area (Å²) >= 11 is 0. The van der Waals surface area contributed by atoms with Gasteiger partial charge in [-0.25, -0.2) is 0 Å². The molecule has 2 aliphatic rings. The first-order valence-electron chi connectivity index (χ1n) is 7.05. The molecule has 2 heteroatoms. The predicted octanol–water partition coefficient (Wildman–Crippen LogP) is 3.52. The van der Waals surface area contributed by atoms with Gasteiger partial charge in [0, 0.05) is 5.92 Å². The SMILES string of the molecule is CC1(C)CC(C(O)C2(C)CCCC2)C(C)(C)O1. The lowest BCUT2D eigenvalue weighted by Crippen LogP contribution is -2.44. The van der Waals surface area contributed by atoms with Gasteiger partial charge in [0.05, 0.1) is 17.3 Å². The maximum absolute atomic E-state index is 10.8. The summed E-state index contributed by atoms with van der Waals surface area (Å²) in [6.45, 7) is 10.8. The van der Waals surface area contributed by atoms with Gasteiger partial charge in [0.15, 0.2) is 0 Å². The van der Waals surface area contributed by atoms with Crippen molar-refractivity contribution in [1.29, 1.82) is 0 Å². The van der Waals surface area contributed by atoms with Crippen molar-refractivity contribution in [2.24, 2.45) is 11.3 Å². The van der Waals surface area contributed by atoms with Crippen LogP contribution in [0.1, 0.15) is 66.7 Å². The molecule has 0 amide bonds. The van der Waals surface area contributed by atoms with Gasteiger partial charge in [0.1, 0.15) is 0 Å². The van der Waals surface area contributed by atoms with Crippen LogP contribution in [0.5, 0.6) is 0 Å². The maximum atomic E-state index is 10.8. The monoisotopic (exact) mass is 240 g/mol. The normalized spacial score (nSPS) is 36.0. The minimum absolute atomic E-state index is 0.0931. The highest BCUT2D eigenvalue weighted by Gasteiger charge is 2.53. The molecule has 1 aliphatic heterocycles.